The van der Waals surface area contributed by atoms with Crippen molar-refractivity contribution in [3.63, 3.8) is 0 Å². The minimum absolute atomic E-state index is 0.0882. The highest BCUT2D eigenvalue weighted by Gasteiger charge is 2.20. The van der Waals surface area contributed by atoms with Crippen molar-refractivity contribution in [2.45, 2.75) is 44.6 Å². The molecular formula is C21H27N7O2. The topological polar surface area (TPSA) is 125 Å². The molecule has 9 nitrogen and oxygen atoms in total. The van der Waals surface area contributed by atoms with Gasteiger partial charge in [-0.1, -0.05) is 18.9 Å². The predicted molar refractivity (Wildman–Crippen MR) is 116 cm³/mol. The Labute approximate surface area is 175 Å². The lowest BCUT2D eigenvalue weighted by Gasteiger charge is -2.17. The highest BCUT2D eigenvalue weighted by atomic mass is 16.2. The number of nitrogens with zero attached hydrogens (tertiary/aromatic N) is 3. The monoisotopic (exact) mass is 409 g/mol. The standard InChI is InChI=1S/C21H27N7O2/c22-18(29)17-13-23-20(27-19(17)24-14-6-1-2-7-14)25-15-8-5-9-16(12-15)26-21(30)28-10-3-4-11-28/h5,8-9,12-14H,1-4,6-7,10-11H2,(H2,22,29)(H,26,30)(H2,23,24,25,27). The van der Waals surface area contributed by atoms with Crippen molar-refractivity contribution < 1.29 is 9.59 Å². The number of likely N-dealkylation sites (tertiary alicyclic amines) is 1. The van der Waals surface area contributed by atoms with Gasteiger partial charge in [-0.15, -0.1) is 0 Å². The van der Waals surface area contributed by atoms with E-state index in [0.29, 0.717) is 17.5 Å². The summed E-state index contributed by atoms with van der Waals surface area (Å²) in [7, 11) is 0. The van der Waals surface area contributed by atoms with Crippen molar-refractivity contribution >= 4 is 35.1 Å². The van der Waals surface area contributed by atoms with Crippen LogP contribution in [-0.2, 0) is 0 Å². The van der Waals surface area contributed by atoms with Crippen molar-refractivity contribution in [3.8, 4) is 0 Å². The molecule has 158 valence electrons. The molecule has 0 atom stereocenters. The second kappa shape index (κ2) is 8.98. The molecule has 0 bridgehead atoms. The molecule has 1 saturated heterocycles. The summed E-state index contributed by atoms with van der Waals surface area (Å²) in [4.78, 5) is 34.6. The lowest BCUT2D eigenvalue weighted by molar-refractivity contribution is 0.100. The highest BCUT2D eigenvalue weighted by molar-refractivity contribution is 5.97. The number of rotatable bonds is 6. The maximum absolute atomic E-state index is 12.3. The summed E-state index contributed by atoms with van der Waals surface area (Å²) in [5.41, 5.74) is 7.18. The molecular weight excluding hydrogens is 382 g/mol. The van der Waals surface area contributed by atoms with Gasteiger partial charge in [0.2, 0.25) is 5.95 Å². The van der Waals surface area contributed by atoms with Crippen molar-refractivity contribution in [1.82, 2.24) is 14.9 Å². The normalized spacial score (nSPS) is 16.5. The van der Waals surface area contributed by atoms with Gasteiger partial charge in [0.15, 0.2) is 0 Å². The third-order valence-corrected chi connectivity index (χ3v) is 5.51. The third-order valence-electron chi connectivity index (χ3n) is 5.51. The van der Waals surface area contributed by atoms with E-state index in [4.69, 9.17) is 5.73 Å². The molecule has 1 aliphatic heterocycles. The van der Waals surface area contributed by atoms with Crippen LogP contribution in [0.1, 0.15) is 48.9 Å². The number of primary amides is 1. The van der Waals surface area contributed by atoms with E-state index in [1.54, 1.807) is 0 Å². The number of hydrogen-bond donors (Lipinski definition) is 4. The molecule has 0 unspecified atom stereocenters. The molecule has 4 rings (SSSR count). The highest BCUT2D eigenvalue weighted by Crippen LogP contribution is 2.25. The van der Waals surface area contributed by atoms with Crippen LogP contribution in [0.5, 0.6) is 0 Å². The molecule has 1 aliphatic carbocycles. The Bertz CT molecular complexity index is 921. The summed E-state index contributed by atoms with van der Waals surface area (Å²) in [6, 6.07) is 7.56. The fourth-order valence-electron chi connectivity index (χ4n) is 3.92. The van der Waals surface area contributed by atoms with Crippen LogP contribution in [0.2, 0.25) is 0 Å². The minimum Gasteiger partial charge on any atom is -0.367 e. The van der Waals surface area contributed by atoms with E-state index in [9.17, 15) is 9.59 Å². The Balaban J connectivity index is 1.47. The van der Waals surface area contributed by atoms with Gasteiger partial charge in [0.1, 0.15) is 5.82 Å². The maximum atomic E-state index is 12.3. The van der Waals surface area contributed by atoms with Gasteiger partial charge in [0, 0.05) is 36.7 Å². The van der Waals surface area contributed by atoms with Crippen molar-refractivity contribution in [2.75, 3.05) is 29.0 Å². The molecule has 2 aliphatic rings. The summed E-state index contributed by atoms with van der Waals surface area (Å²) in [6.07, 6.45) is 7.95. The zero-order valence-electron chi connectivity index (χ0n) is 16.9. The average Bonchev–Trinajstić information content (AvgIpc) is 3.42. The predicted octanol–water partition coefficient (Wildman–Crippen LogP) is 3.30. The minimum atomic E-state index is -0.561. The van der Waals surface area contributed by atoms with E-state index in [-0.39, 0.29) is 17.6 Å². The van der Waals surface area contributed by atoms with Gasteiger partial charge in [-0.25, -0.2) is 9.78 Å². The van der Waals surface area contributed by atoms with Crippen LogP contribution in [0.4, 0.5) is 27.9 Å². The Morgan fingerprint density at radius 3 is 2.53 bits per heavy atom. The van der Waals surface area contributed by atoms with E-state index in [1.165, 1.54) is 6.20 Å². The molecule has 1 aromatic heterocycles. The molecule has 9 heteroatoms. The van der Waals surface area contributed by atoms with Crippen molar-refractivity contribution in [3.05, 3.63) is 36.0 Å². The van der Waals surface area contributed by atoms with Crippen LogP contribution < -0.4 is 21.7 Å². The zero-order valence-corrected chi connectivity index (χ0v) is 16.9. The van der Waals surface area contributed by atoms with E-state index in [2.05, 4.69) is 25.9 Å². The molecule has 1 saturated carbocycles. The second-order valence-corrected chi connectivity index (χ2v) is 7.78. The molecule has 3 amide bonds. The van der Waals surface area contributed by atoms with E-state index < -0.39 is 5.91 Å². The van der Waals surface area contributed by atoms with Gasteiger partial charge in [-0.2, -0.15) is 4.98 Å². The number of carbonyl (C=O) groups excluding carboxylic acids is 2. The number of carbonyl (C=O) groups is 2. The van der Waals surface area contributed by atoms with Gasteiger partial charge in [0.05, 0.1) is 5.56 Å². The van der Waals surface area contributed by atoms with Gasteiger partial charge in [-0.05, 0) is 43.9 Å². The SMILES string of the molecule is NC(=O)c1cnc(Nc2cccc(NC(=O)N3CCCC3)c2)nc1NC1CCCC1. The lowest BCUT2D eigenvalue weighted by Crippen LogP contribution is -2.32. The molecule has 30 heavy (non-hydrogen) atoms. The average molecular weight is 409 g/mol. The number of aromatic nitrogens is 2. The first-order valence-electron chi connectivity index (χ1n) is 10.4. The first-order chi connectivity index (χ1) is 14.6. The second-order valence-electron chi connectivity index (χ2n) is 7.78. The zero-order chi connectivity index (χ0) is 20.9. The fraction of sp³-hybridized carbons (Fsp3) is 0.429. The smallest absolute Gasteiger partial charge is 0.321 e. The molecule has 5 N–H and O–H groups in total. The number of anilines is 4. The Morgan fingerprint density at radius 2 is 1.80 bits per heavy atom. The first-order valence-corrected chi connectivity index (χ1v) is 10.4. The Morgan fingerprint density at radius 1 is 1.07 bits per heavy atom. The largest absolute Gasteiger partial charge is 0.367 e. The summed E-state index contributed by atoms with van der Waals surface area (Å²) in [5, 5.41) is 9.40. The van der Waals surface area contributed by atoms with Gasteiger partial charge < -0.3 is 26.6 Å². The van der Waals surface area contributed by atoms with Gasteiger partial charge >= 0.3 is 6.03 Å². The van der Waals surface area contributed by atoms with Crippen LogP contribution in [0.15, 0.2) is 30.5 Å². The number of urea groups is 1. The van der Waals surface area contributed by atoms with E-state index in [1.807, 2.05) is 29.2 Å². The molecule has 2 heterocycles. The van der Waals surface area contributed by atoms with Crippen molar-refractivity contribution in [2.24, 2.45) is 5.73 Å². The number of nitrogens with one attached hydrogen (secondary N) is 3. The first kappa shape index (κ1) is 19.9. The van der Waals surface area contributed by atoms with Crippen LogP contribution in [-0.4, -0.2) is 45.9 Å². The van der Waals surface area contributed by atoms with Crippen LogP contribution in [0.25, 0.3) is 0 Å². The lowest BCUT2D eigenvalue weighted by atomic mass is 10.2. The number of benzene rings is 1. The summed E-state index contributed by atoms with van der Waals surface area (Å²) >= 11 is 0. The summed E-state index contributed by atoms with van der Waals surface area (Å²) in [5.74, 6) is 0.238. The van der Waals surface area contributed by atoms with Crippen LogP contribution >= 0.6 is 0 Å². The van der Waals surface area contributed by atoms with E-state index in [0.717, 1.165) is 57.3 Å². The third kappa shape index (κ3) is 4.79. The number of hydrogen-bond acceptors (Lipinski definition) is 6. The van der Waals surface area contributed by atoms with Gasteiger partial charge in [0.25, 0.3) is 5.91 Å². The molecule has 2 fully saturated rings. The maximum Gasteiger partial charge on any atom is 0.321 e. The summed E-state index contributed by atoms with van der Waals surface area (Å²) in [6.45, 7) is 1.58. The Hall–Kier alpha value is -3.36. The number of nitrogens with two attached hydrogens (primary N) is 1. The fourth-order valence-corrected chi connectivity index (χ4v) is 3.92. The number of amides is 3. The van der Waals surface area contributed by atoms with Crippen LogP contribution in [0.3, 0.4) is 0 Å². The molecule has 0 spiro atoms. The van der Waals surface area contributed by atoms with E-state index >= 15 is 0 Å². The quantitative estimate of drug-likeness (QED) is 0.580. The molecule has 2 aromatic rings. The molecule has 0 radical (unpaired) electrons. The molecule has 1 aromatic carbocycles. The van der Waals surface area contributed by atoms with Crippen LogP contribution in [0, 0.1) is 0 Å². The summed E-state index contributed by atoms with van der Waals surface area (Å²) < 4.78 is 0. The van der Waals surface area contributed by atoms with Crippen molar-refractivity contribution in [1.29, 1.82) is 0 Å². The van der Waals surface area contributed by atoms with Gasteiger partial charge in [-0.3, -0.25) is 4.79 Å². The Kier molecular flexibility index (Phi) is 5.97.